The van der Waals surface area contributed by atoms with Crippen molar-refractivity contribution >= 4 is 16.9 Å². The molecule has 4 rings (SSSR count). The number of benzene rings is 2. The molecule has 2 aromatic carbocycles. The zero-order valence-electron chi connectivity index (χ0n) is 14.4. The van der Waals surface area contributed by atoms with Crippen molar-refractivity contribution in [3.05, 3.63) is 78.9 Å². The molecule has 0 fully saturated rings. The van der Waals surface area contributed by atoms with Gasteiger partial charge in [-0.3, -0.25) is 14.0 Å². The molecule has 0 radical (unpaired) electrons. The Balaban J connectivity index is 1.48. The highest BCUT2D eigenvalue weighted by Crippen LogP contribution is 2.18. The Labute approximate surface area is 151 Å². The fraction of sp³-hybridized carbons (Fsp3) is 0.150. The van der Waals surface area contributed by atoms with Crippen molar-refractivity contribution < 1.29 is 4.79 Å². The van der Waals surface area contributed by atoms with Crippen molar-refractivity contribution in [3.8, 4) is 5.69 Å². The molecule has 0 bridgehead atoms. The molecule has 1 N–H and O–H groups in total. The zero-order chi connectivity index (χ0) is 17.9. The van der Waals surface area contributed by atoms with E-state index in [1.165, 1.54) is 0 Å². The van der Waals surface area contributed by atoms with Gasteiger partial charge in [0.15, 0.2) is 0 Å². The van der Waals surface area contributed by atoms with Gasteiger partial charge in [-0.25, -0.2) is 4.98 Å². The number of nitrogens with one attached hydrogen (secondary N) is 1. The first-order chi connectivity index (χ1) is 12.7. The van der Waals surface area contributed by atoms with Crippen LogP contribution in [0.5, 0.6) is 0 Å². The fourth-order valence-corrected chi connectivity index (χ4v) is 2.98. The van der Waals surface area contributed by atoms with Crippen LogP contribution in [0.1, 0.15) is 17.3 Å². The third-order valence-electron chi connectivity index (χ3n) is 4.26. The number of imidazole rings is 1. The Hall–Kier alpha value is -3.41. The monoisotopic (exact) mass is 345 g/mol. The van der Waals surface area contributed by atoms with Gasteiger partial charge in [-0.15, -0.1) is 0 Å². The molecule has 2 heterocycles. The quantitative estimate of drug-likeness (QED) is 0.605. The lowest BCUT2D eigenvalue weighted by molar-refractivity contribution is 0.0936. The minimum absolute atomic E-state index is 0.0142. The maximum absolute atomic E-state index is 12.4. The van der Waals surface area contributed by atoms with E-state index in [0.29, 0.717) is 12.1 Å². The van der Waals surface area contributed by atoms with Gasteiger partial charge in [0.25, 0.3) is 5.91 Å². The normalized spacial score (nSPS) is 12.2. The molecule has 130 valence electrons. The second-order valence-corrected chi connectivity index (χ2v) is 6.25. The van der Waals surface area contributed by atoms with Gasteiger partial charge in [0.2, 0.25) is 0 Å². The molecule has 4 aromatic rings. The van der Waals surface area contributed by atoms with Crippen LogP contribution in [0.3, 0.4) is 0 Å². The third-order valence-corrected chi connectivity index (χ3v) is 4.26. The second-order valence-electron chi connectivity index (χ2n) is 6.25. The fourth-order valence-electron chi connectivity index (χ4n) is 2.98. The van der Waals surface area contributed by atoms with Gasteiger partial charge < -0.3 is 5.32 Å². The molecule has 0 aliphatic rings. The second kappa shape index (κ2) is 6.84. The molecule has 6 heteroatoms. The molecule has 0 aliphatic heterocycles. The highest BCUT2D eigenvalue weighted by molar-refractivity contribution is 5.94. The number of carbonyl (C=O) groups excluding carboxylic acids is 1. The molecule has 2 aromatic heterocycles. The summed E-state index contributed by atoms with van der Waals surface area (Å²) in [6.07, 6.45) is 5.41. The van der Waals surface area contributed by atoms with Gasteiger partial charge in [0, 0.05) is 29.7 Å². The summed E-state index contributed by atoms with van der Waals surface area (Å²) in [4.78, 5) is 16.8. The predicted octanol–water partition coefficient (Wildman–Crippen LogP) is 3.04. The van der Waals surface area contributed by atoms with E-state index in [1.807, 2.05) is 72.3 Å². The van der Waals surface area contributed by atoms with E-state index in [2.05, 4.69) is 15.4 Å². The van der Waals surface area contributed by atoms with Gasteiger partial charge in [-0.05, 0) is 49.4 Å². The van der Waals surface area contributed by atoms with Crippen molar-refractivity contribution in [2.24, 2.45) is 0 Å². The summed E-state index contributed by atoms with van der Waals surface area (Å²) in [6, 6.07) is 17.4. The van der Waals surface area contributed by atoms with Gasteiger partial charge in [-0.1, -0.05) is 12.1 Å². The highest BCUT2D eigenvalue weighted by atomic mass is 16.1. The highest BCUT2D eigenvalue weighted by Gasteiger charge is 2.11. The Kier molecular flexibility index (Phi) is 4.23. The molecular formula is C20H19N5O. The summed E-state index contributed by atoms with van der Waals surface area (Å²) in [5.41, 5.74) is 3.59. The van der Waals surface area contributed by atoms with Crippen molar-refractivity contribution in [3.63, 3.8) is 0 Å². The van der Waals surface area contributed by atoms with E-state index in [-0.39, 0.29) is 11.9 Å². The van der Waals surface area contributed by atoms with Crippen LogP contribution >= 0.6 is 0 Å². The van der Waals surface area contributed by atoms with Crippen LogP contribution in [0, 0.1) is 0 Å². The van der Waals surface area contributed by atoms with E-state index in [0.717, 1.165) is 16.7 Å². The van der Waals surface area contributed by atoms with Crippen LogP contribution in [0.4, 0.5) is 0 Å². The van der Waals surface area contributed by atoms with E-state index in [4.69, 9.17) is 0 Å². The van der Waals surface area contributed by atoms with Crippen molar-refractivity contribution in [1.29, 1.82) is 0 Å². The first-order valence-electron chi connectivity index (χ1n) is 8.51. The van der Waals surface area contributed by atoms with Crippen molar-refractivity contribution in [2.75, 3.05) is 0 Å². The number of amides is 1. The summed E-state index contributed by atoms with van der Waals surface area (Å²) in [7, 11) is 0. The lowest BCUT2D eigenvalue weighted by atomic mass is 10.1. The number of hydrogen-bond donors (Lipinski definition) is 1. The molecule has 0 saturated heterocycles. The largest absolute Gasteiger partial charge is 0.348 e. The molecule has 26 heavy (non-hydrogen) atoms. The Bertz CT molecular complexity index is 1020. The summed E-state index contributed by atoms with van der Waals surface area (Å²) in [5, 5.41) is 7.16. The van der Waals surface area contributed by atoms with Crippen LogP contribution in [-0.4, -0.2) is 31.3 Å². The van der Waals surface area contributed by atoms with Crippen molar-refractivity contribution in [2.45, 2.75) is 19.5 Å². The van der Waals surface area contributed by atoms with Crippen LogP contribution in [0.2, 0.25) is 0 Å². The van der Waals surface area contributed by atoms with Gasteiger partial charge in [0.1, 0.15) is 6.33 Å². The van der Waals surface area contributed by atoms with Gasteiger partial charge >= 0.3 is 0 Å². The number of hydrogen-bond acceptors (Lipinski definition) is 3. The van der Waals surface area contributed by atoms with Crippen LogP contribution in [-0.2, 0) is 6.54 Å². The average molecular weight is 345 g/mol. The van der Waals surface area contributed by atoms with Crippen LogP contribution in [0.25, 0.3) is 16.7 Å². The number of aromatic nitrogens is 4. The average Bonchev–Trinajstić information content (AvgIpc) is 3.31. The maximum atomic E-state index is 12.4. The van der Waals surface area contributed by atoms with E-state index in [9.17, 15) is 4.79 Å². The SMILES string of the molecule is C[C@H](Cn1cccn1)NC(=O)c1ccc(-n2cnc3ccccc32)cc1. The zero-order valence-corrected chi connectivity index (χ0v) is 14.4. The Morgan fingerprint density at radius 3 is 2.69 bits per heavy atom. The van der Waals surface area contributed by atoms with Crippen LogP contribution < -0.4 is 5.32 Å². The molecular weight excluding hydrogens is 326 g/mol. The standard InChI is InChI=1S/C20H19N5O/c1-15(13-24-12-4-11-22-24)23-20(26)16-7-9-17(10-8-16)25-14-21-18-5-2-3-6-19(18)25/h2-12,14-15H,13H2,1H3,(H,23,26)/t15-/m1/s1. The minimum atomic E-state index is -0.0910. The van der Waals surface area contributed by atoms with Gasteiger partial charge in [0.05, 0.1) is 17.6 Å². The summed E-state index contributed by atoms with van der Waals surface area (Å²) >= 11 is 0. The van der Waals surface area contributed by atoms with Crippen molar-refractivity contribution in [1.82, 2.24) is 24.6 Å². The number of nitrogens with zero attached hydrogens (tertiary/aromatic N) is 4. The molecule has 6 nitrogen and oxygen atoms in total. The van der Waals surface area contributed by atoms with Gasteiger partial charge in [-0.2, -0.15) is 5.10 Å². The Morgan fingerprint density at radius 2 is 1.92 bits per heavy atom. The van der Waals surface area contributed by atoms with E-state index < -0.39 is 0 Å². The molecule has 1 atom stereocenters. The smallest absolute Gasteiger partial charge is 0.251 e. The summed E-state index contributed by atoms with van der Waals surface area (Å²) < 4.78 is 3.82. The lowest BCUT2D eigenvalue weighted by Crippen LogP contribution is -2.35. The number of fused-ring (bicyclic) bond motifs is 1. The maximum Gasteiger partial charge on any atom is 0.251 e. The topological polar surface area (TPSA) is 64.7 Å². The predicted molar refractivity (Wildman–Crippen MR) is 100 cm³/mol. The summed E-state index contributed by atoms with van der Waals surface area (Å²) in [5.74, 6) is -0.0910. The first kappa shape index (κ1) is 16.1. The number of rotatable bonds is 5. The third kappa shape index (κ3) is 3.21. The van der Waals surface area contributed by atoms with Crippen LogP contribution in [0.15, 0.2) is 73.3 Å². The van der Waals surface area contributed by atoms with E-state index >= 15 is 0 Å². The first-order valence-corrected chi connectivity index (χ1v) is 8.51. The number of carbonyl (C=O) groups is 1. The lowest BCUT2D eigenvalue weighted by Gasteiger charge is -2.14. The number of para-hydroxylation sites is 2. The minimum Gasteiger partial charge on any atom is -0.348 e. The Morgan fingerprint density at radius 1 is 1.12 bits per heavy atom. The molecule has 1 amide bonds. The molecule has 0 aliphatic carbocycles. The molecule has 0 saturated carbocycles. The molecule has 0 spiro atoms. The summed E-state index contributed by atoms with van der Waals surface area (Å²) in [6.45, 7) is 2.60. The van der Waals surface area contributed by atoms with E-state index in [1.54, 1.807) is 17.2 Å². The molecule has 0 unspecified atom stereocenters.